The first-order chi connectivity index (χ1) is 15.4. The number of amides is 1. The Morgan fingerprint density at radius 3 is 2.34 bits per heavy atom. The summed E-state index contributed by atoms with van der Waals surface area (Å²) in [6, 6.07) is 11.5. The Morgan fingerprint density at radius 2 is 1.62 bits per heavy atom. The van der Waals surface area contributed by atoms with Gasteiger partial charge in [-0.1, -0.05) is 0 Å². The third-order valence-electron chi connectivity index (χ3n) is 5.41. The van der Waals surface area contributed by atoms with Gasteiger partial charge in [-0.3, -0.25) is 9.59 Å². The van der Waals surface area contributed by atoms with Crippen molar-refractivity contribution in [3.63, 3.8) is 0 Å². The van der Waals surface area contributed by atoms with Gasteiger partial charge in [0.2, 0.25) is 0 Å². The zero-order valence-corrected chi connectivity index (χ0v) is 17.0. The Hall–Kier alpha value is -3.55. The molecule has 1 saturated heterocycles. The monoisotopic (exact) mass is 443 g/mol. The van der Waals surface area contributed by atoms with Crippen LogP contribution < -0.4 is 4.74 Å². The fourth-order valence-corrected chi connectivity index (χ4v) is 3.66. The largest absolute Gasteiger partial charge is 0.486 e. The van der Waals surface area contributed by atoms with Crippen LogP contribution >= 0.6 is 0 Å². The molecule has 1 fully saturated rings. The zero-order chi connectivity index (χ0) is 22.7. The van der Waals surface area contributed by atoms with Gasteiger partial charge in [0.1, 0.15) is 35.6 Å². The van der Waals surface area contributed by atoms with E-state index in [1.165, 1.54) is 24.3 Å². The molecule has 1 aliphatic rings. The molecule has 1 amide bonds. The molecule has 166 valence electrons. The van der Waals surface area contributed by atoms with Gasteiger partial charge in [0.15, 0.2) is 11.5 Å². The molecule has 0 radical (unpaired) electrons. The van der Waals surface area contributed by atoms with Crippen molar-refractivity contribution in [1.82, 2.24) is 4.90 Å². The number of ketones is 1. The lowest BCUT2D eigenvalue weighted by atomic mass is 9.88. The average Bonchev–Trinajstić information content (AvgIpc) is 3.28. The van der Waals surface area contributed by atoms with Gasteiger partial charge in [-0.05, 0) is 67.4 Å². The van der Waals surface area contributed by atoms with Crippen LogP contribution in [-0.2, 0) is 6.61 Å². The molecule has 0 atom stereocenters. The van der Waals surface area contributed by atoms with Crippen molar-refractivity contribution in [2.75, 3.05) is 13.1 Å². The molecule has 32 heavy (non-hydrogen) atoms. The van der Waals surface area contributed by atoms with Crippen LogP contribution in [0, 0.1) is 23.4 Å². The van der Waals surface area contributed by atoms with E-state index in [-0.39, 0.29) is 29.7 Å². The molecule has 8 heteroatoms. The van der Waals surface area contributed by atoms with Gasteiger partial charge in [0, 0.05) is 19.0 Å². The Bertz CT molecular complexity index is 1120. The van der Waals surface area contributed by atoms with E-state index in [1.807, 2.05) is 0 Å². The Labute approximate surface area is 182 Å². The molecule has 2 heterocycles. The third-order valence-corrected chi connectivity index (χ3v) is 5.41. The van der Waals surface area contributed by atoms with E-state index in [0.29, 0.717) is 37.4 Å². The number of ether oxygens (including phenoxy) is 1. The highest BCUT2D eigenvalue weighted by atomic mass is 19.1. The smallest absolute Gasteiger partial charge is 0.289 e. The number of piperidine rings is 1. The van der Waals surface area contributed by atoms with Crippen LogP contribution in [0.3, 0.4) is 0 Å². The van der Waals surface area contributed by atoms with Gasteiger partial charge in [-0.25, -0.2) is 13.2 Å². The molecule has 3 aromatic rings. The summed E-state index contributed by atoms with van der Waals surface area (Å²) in [6.07, 6.45) is 0.698. The van der Waals surface area contributed by atoms with E-state index in [9.17, 15) is 22.8 Å². The number of carbonyl (C=O) groups excluding carboxylic acids is 2. The summed E-state index contributed by atoms with van der Waals surface area (Å²) in [4.78, 5) is 26.9. The van der Waals surface area contributed by atoms with Crippen molar-refractivity contribution in [1.29, 1.82) is 0 Å². The minimum atomic E-state index is -0.749. The summed E-state index contributed by atoms with van der Waals surface area (Å²) in [6.45, 7) is 0.678. The van der Waals surface area contributed by atoms with Crippen LogP contribution in [0.5, 0.6) is 5.75 Å². The van der Waals surface area contributed by atoms with E-state index in [4.69, 9.17) is 9.15 Å². The molecule has 0 unspecified atom stereocenters. The summed E-state index contributed by atoms with van der Waals surface area (Å²) in [7, 11) is 0. The second-order valence-electron chi connectivity index (χ2n) is 7.56. The number of furan rings is 1. The fraction of sp³-hybridized carbons (Fsp3) is 0.250. The van der Waals surface area contributed by atoms with Gasteiger partial charge in [-0.15, -0.1) is 0 Å². The molecule has 1 aliphatic heterocycles. The first-order valence-corrected chi connectivity index (χ1v) is 10.2. The number of Topliss-reactive ketones (excluding diaryl/α,β-unsaturated/α-hetero) is 1. The lowest BCUT2D eigenvalue weighted by Crippen LogP contribution is -2.40. The quantitative estimate of drug-likeness (QED) is 0.503. The number of hydrogen-bond donors (Lipinski definition) is 0. The Balaban J connectivity index is 1.32. The fourth-order valence-electron chi connectivity index (χ4n) is 3.66. The molecular weight excluding hydrogens is 423 g/mol. The molecule has 0 bridgehead atoms. The van der Waals surface area contributed by atoms with E-state index in [1.54, 1.807) is 17.0 Å². The van der Waals surface area contributed by atoms with Gasteiger partial charge < -0.3 is 14.1 Å². The standard InChI is InChI=1S/C24H20F3NO4/c25-16-1-4-18(5-2-16)31-14-19-6-8-22(32-19)24(30)28-11-9-15(10-12-28)23(29)20-13-17(26)3-7-21(20)27/h1-8,13,15H,9-12,14H2. The van der Waals surface area contributed by atoms with E-state index in [0.717, 1.165) is 18.2 Å². The molecule has 0 spiro atoms. The van der Waals surface area contributed by atoms with Crippen molar-refractivity contribution < 1.29 is 31.9 Å². The molecular formula is C24H20F3NO4. The van der Waals surface area contributed by atoms with Crippen molar-refractivity contribution in [2.24, 2.45) is 5.92 Å². The summed E-state index contributed by atoms with van der Waals surface area (Å²) in [5, 5.41) is 0. The van der Waals surface area contributed by atoms with Gasteiger partial charge in [0.05, 0.1) is 5.56 Å². The molecule has 5 nitrogen and oxygen atoms in total. The summed E-state index contributed by atoms with van der Waals surface area (Å²) >= 11 is 0. The van der Waals surface area contributed by atoms with E-state index >= 15 is 0 Å². The molecule has 0 saturated carbocycles. The van der Waals surface area contributed by atoms with Crippen LogP contribution in [0.1, 0.15) is 39.5 Å². The highest BCUT2D eigenvalue weighted by Crippen LogP contribution is 2.25. The van der Waals surface area contributed by atoms with Crippen molar-refractivity contribution >= 4 is 11.7 Å². The predicted molar refractivity (Wildman–Crippen MR) is 109 cm³/mol. The second kappa shape index (κ2) is 9.30. The number of halogens is 3. The number of benzene rings is 2. The molecule has 0 aliphatic carbocycles. The number of likely N-dealkylation sites (tertiary alicyclic amines) is 1. The molecule has 2 aromatic carbocycles. The Morgan fingerprint density at radius 1 is 0.938 bits per heavy atom. The number of hydrogen-bond acceptors (Lipinski definition) is 4. The SMILES string of the molecule is O=C(c1cc(F)ccc1F)C1CCN(C(=O)c2ccc(COc3ccc(F)cc3)o2)CC1. The van der Waals surface area contributed by atoms with Crippen molar-refractivity contribution in [3.05, 3.63) is 89.1 Å². The second-order valence-corrected chi connectivity index (χ2v) is 7.56. The van der Waals surface area contributed by atoms with Crippen molar-refractivity contribution in [2.45, 2.75) is 19.4 Å². The van der Waals surface area contributed by atoms with Crippen LogP contribution in [0.25, 0.3) is 0 Å². The molecule has 4 rings (SSSR count). The minimum absolute atomic E-state index is 0.0781. The van der Waals surface area contributed by atoms with Crippen LogP contribution in [0.2, 0.25) is 0 Å². The third kappa shape index (κ3) is 4.85. The number of nitrogens with zero attached hydrogens (tertiary/aromatic N) is 1. The van der Waals surface area contributed by atoms with E-state index < -0.39 is 23.3 Å². The summed E-state index contributed by atoms with van der Waals surface area (Å²) in [5.41, 5.74) is -0.258. The summed E-state index contributed by atoms with van der Waals surface area (Å²) < 4.78 is 51.3. The van der Waals surface area contributed by atoms with Crippen LogP contribution in [0.15, 0.2) is 59.0 Å². The van der Waals surface area contributed by atoms with Crippen molar-refractivity contribution in [3.8, 4) is 5.75 Å². The maximum absolute atomic E-state index is 13.9. The number of carbonyl (C=O) groups is 2. The topological polar surface area (TPSA) is 59.8 Å². The minimum Gasteiger partial charge on any atom is -0.486 e. The maximum Gasteiger partial charge on any atom is 0.289 e. The zero-order valence-electron chi connectivity index (χ0n) is 17.0. The first-order valence-electron chi connectivity index (χ1n) is 10.2. The summed E-state index contributed by atoms with van der Waals surface area (Å²) in [5.74, 6) is -1.99. The van der Waals surface area contributed by atoms with E-state index in [2.05, 4.69) is 0 Å². The lowest BCUT2D eigenvalue weighted by Gasteiger charge is -2.30. The van der Waals surface area contributed by atoms with Gasteiger partial charge in [-0.2, -0.15) is 0 Å². The van der Waals surface area contributed by atoms with Gasteiger partial charge in [0.25, 0.3) is 5.91 Å². The highest BCUT2D eigenvalue weighted by Gasteiger charge is 2.30. The molecule has 1 aromatic heterocycles. The average molecular weight is 443 g/mol. The van der Waals surface area contributed by atoms with Gasteiger partial charge >= 0.3 is 0 Å². The normalized spacial score (nSPS) is 14.4. The molecule has 0 N–H and O–H groups in total. The lowest BCUT2D eigenvalue weighted by molar-refractivity contribution is 0.0620. The van der Waals surface area contributed by atoms with Crippen LogP contribution in [-0.4, -0.2) is 29.7 Å². The predicted octanol–water partition coefficient (Wildman–Crippen LogP) is 5.01. The first kappa shape index (κ1) is 21.7. The maximum atomic E-state index is 13.9. The highest BCUT2D eigenvalue weighted by molar-refractivity contribution is 5.98. The Kier molecular flexibility index (Phi) is 6.30. The number of rotatable bonds is 6. The van der Waals surface area contributed by atoms with Crippen LogP contribution in [0.4, 0.5) is 13.2 Å².